The van der Waals surface area contributed by atoms with Gasteiger partial charge >= 0.3 is 6.18 Å². The summed E-state index contributed by atoms with van der Waals surface area (Å²) in [6, 6.07) is 0. The number of halogens is 3. The van der Waals surface area contributed by atoms with E-state index in [2.05, 4.69) is 9.97 Å². The van der Waals surface area contributed by atoms with Crippen LogP contribution in [-0.2, 0) is 12.8 Å². The van der Waals surface area contributed by atoms with Gasteiger partial charge in [-0.3, -0.25) is 4.79 Å². The molecule has 90 valence electrons. The average molecular weight is 234 g/mol. The second-order valence-corrected chi connectivity index (χ2v) is 3.55. The molecule has 0 bridgehead atoms. The van der Waals surface area contributed by atoms with Crippen molar-refractivity contribution >= 4 is 0 Å². The minimum atomic E-state index is -4.23. The summed E-state index contributed by atoms with van der Waals surface area (Å²) < 4.78 is 35.9. The van der Waals surface area contributed by atoms with E-state index in [4.69, 9.17) is 0 Å². The molecule has 0 saturated heterocycles. The lowest BCUT2D eigenvalue weighted by atomic mass is 10.2. The fourth-order valence-corrected chi connectivity index (χ4v) is 1.46. The van der Waals surface area contributed by atoms with Gasteiger partial charge in [0.2, 0.25) is 0 Å². The molecule has 0 aliphatic rings. The maximum Gasteiger partial charge on any atom is 0.389 e. The lowest BCUT2D eigenvalue weighted by Crippen LogP contribution is -2.20. The number of H-pyrrole nitrogens is 1. The molecule has 1 aromatic rings. The number of hydrogen-bond donors (Lipinski definition) is 1. The Bertz CT molecular complexity index is 423. The third kappa shape index (κ3) is 3.36. The van der Waals surface area contributed by atoms with Gasteiger partial charge in [-0.25, -0.2) is 4.98 Å². The zero-order valence-electron chi connectivity index (χ0n) is 9.11. The first kappa shape index (κ1) is 12.7. The normalized spacial score (nSPS) is 11.8. The van der Waals surface area contributed by atoms with Crippen LogP contribution in [0.3, 0.4) is 0 Å². The summed E-state index contributed by atoms with van der Waals surface area (Å²) >= 11 is 0. The summed E-state index contributed by atoms with van der Waals surface area (Å²) in [5.41, 5.74) is 0.686. The molecule has 0 radical (unpaired) electrons. The Kier molecular flexibility index (Phi) is 3.72. The average Bonchev–Trinajstić information content (AvgIpc) is 2.13. The second kappa shape index (κ2) is 4.67. The van der Waals surface area contributed by atoms with E-state index >= 15 is 0 Å². The van der Waals surface area contributed by atoms with Crippen molar-refractivity contribution in [1.29, 1.82) is 0 Å². The first-order valence-corrected chi connectivity index (χ1v) is 4.99. The zero-order valence-corrected chi connectivity index (χ0v) is 9.11. The van der Waals surface area contributed by atoms with E-state index in [1.54, 1.807) is 13.8 Å². The van der Waals surface area contributed by atoms with Gasteiger partial charge in [-0.15, -0.1) is 0 Å². The summed E-state index contributed by atoms with van der Waals surface area (Å²) in [7, 11) is 0. The predicted molar refractivity (Wildman–Crippen MR) is 53.3 cm³/mol. The summed E-state index contributed by atoms with van der Waals surface area (Å²) in [6.45, 7) is 3.43. The van der Waals surface area contributed by atoms with E-state index in [0.29, 0.717) is 17.7 Å². The maximum atomic E-state index is 12.0. The van der Waals surface area contributed by atoms with Crippen LogP contribution >= 0.6 is 0 Å². The predicted octanol–water partition coefficient (Wildman–Crippen LogP) is 2.14. The highest BCUT2D eigenvalue weighted by Gasteiger charge is 2.27. The SMILES string of the molecule is CCc1c(C)nc(CCC(F)(F)F)[nH]c1=O. The highest BCUT2D eigenvalue weighted by Crippen LogP contribution is 2.20. The van der Waals surface area contributed by atoms with Crippen molar-refractivity contribution < 1.29 is 13.2 Å². The van der Waals surface area contributed by atoms with Crippen molar-refractivity contribution in [2.45, 2.75) is 39.3 Å². The molecule has 0 aromatic carbocycles. The number of rotatable bonds is 3. The van der Waals surface area contributed by atoms with Crippen LogP contribution in [0.4, 0.5) is 13.2 Å². The number of aromatic amines is 1. The second-order valence-electron chi connectivity index (χ2n) is 3.55. The highest BCUT2D eigenvalue weighted by molar-refractivity contribution is 5.16. The number of hydrogen-bond acceptors (Lipinski definition) is 2. The molecular formula is C10H13F3N2O. The Balaban J connectivity index is 2.88. The number of aryl methyl sites for hydroxylation is 2. The molecule has 3 nitrogen and oxygen atoms in total. The van der Waals surface area contributed by atoms with Gasteiger partial charge in [-0.2, -0.15) is 13.2 Å². The Hall–Kier alpha value is -1.33. The van der Waals surface area contributed by atoms with Crippen LogP contribution < -0.4 is 5.56 Å². The minimum absolute atomic E-state index is 0.0945. The minimum Gasteiger partial charge on any atom is -0.310 e. The van der Waals surface area contributed by atoms with Crippen molar-refractivity contribution in [2.75, 3.05) is 0 Å². The Morgan fingerprint density at radius 1 is 1.38 bits per heavy atom. The van der Waals surface area contributed by atoms with E-state index < -0.39 is 12.6 Å². The quantitative estimate of drug-likeness (QED) is 0.870. The molecule has 1 aromatic heterocycles. The van der Waals surface area contributed by atoms with Gasteiger partial charge < -0.3 is 4.98 Å². The summed E-state index contributed by atoms with van der Waals surface area (Å²) in [5.74, 6) is 0.0945. The Morgan fingerprint density at radius 3 is 2.44 bits per heavy atom. The molecule has 0 unspecified atom stereocenters. The number of alkyl halides is 3. The fourth-order valence-electron chi connectivity index (χ4n) is 1.46. The zero-order chi connectivity index (χ0) is 12.3. The van der Waals surface area contributed by atoms with Gasteiger partial charge in [-0.1, -0.05) is 6.92 Å². The van der Waals surface area contributed by atoms with Crippen LogP contribution in [0.2, 0.25) is 0 Å². The third-order valence-electron chi connectivity index (χ3n) is 2.27. The summed E-state index contributed by atoms with van der Waals surface area (Å²) in [5, 5.41) is 0. The molecule has 0 aliphatic heterocycles. The molecule has 0 aliphatic carbocycles. The molecule has 0 amide bonds. The van der Waals surface area contributed by atoms with E-state index in [1.807, 2.05) is 0 Å². The maximum absolute atomic E-state index is 12.0. The molecule has 0 atom stereocenters. The van der Waals surface area contributed by atoms with E-state index in [1.165, 1.54) is 0 Å². The molecule has 1 rings (SSSR count). The topological polar surface area (TPSA) is 45.8 Å². The molecule has 0 spiro atoms. The van der Waals surface area contributed by atoms with Crippen molar-refractivity contribution in [3.63, 3.8) is 0 Å². The van der Waals surface area contributed by atoms with Crippen LogP contribution in [-0.4, -0.2) is 16.1 Å². The van der Waals surface area contributed by atoms with Crippen molar-refractivity contribution in [3.05, 3.63) is 27.4 Å². The van der Waals surface area contributed by atoms with Crippen LogP contribution in [0.15, 0.2) is 4.79 Å². The lowest BCUT2D eigenvalue weighted by molar-refractivity contribution is -0.134. The van der Waals surface area contributed by atoms with Crippen molar-refractivity contribution in [2.24, 2.45) is 0 Å². The molecule has 1 heterocycles. The molecule has 0 fully saturated rings. The van der Waals surface area contributed by atoms with Crippen LogP contribution in [0.1, 0.15) is 30.4 Å². The largest absolute Gasteiger partial charge is 0.389 e. The summed E-state index contributed by atoms with van der Waals surface area (Å²) in [6.07, 6.45) is -4.96. The van der Waals surface area contributed by atoms with Crippen LogP contribution in [0, 0.1) is 6.92 Å². The number of nitrogens with zero attached hydrogens (tertiary/aromatic N) is 1. The fraction of sp³-hybridized carbons (Fsp3) is 0.600. The highest BCUT2D eigenvalue weighted by atomic mass is 19.4. The van der Waals surface area contributed by atoms with E-state index in [0.717, 1.165) is 0 Å². The first-order valence-electron chi connectivity index (χ1n) is 4.99. The Morgan fingerprint density at radius 2 is 2.00 bits per heavy atom. The number of nitrogens with one attached hydrogen (secondary N) is 1. The van der Waals surface area contributed by atoms with Gasteiger partial charge in [-0.05, 0) is 13.3 Å². The van der Waals surface area contributed by atoms with E-state index in [-0.39, 0.29) is 17.8 Å². The lowest BCUT2D eigenvalue weighted by Gasteiger charge is -2.07. The van der Waals surface area contributed by atoms with Gasteiger partial charge in [0.25, 0.3) is 5.56 Å². The van der Waals surface area contributed by atoms with Crippen LogP contribution in [0.25, 0.3) is 0 Å². The number of aromatic nitrogens is 2. The van der Waals surface area contributed by atoms with E-state index in [9.17, 15) is 18.0 Å². The van der Waals surface area contributed by atoms with Crippen molar-refractivity contribution in [3.8, 4) is 0 Å². The first-order chi connectivity index (χ1) is 7.33. The van der Waals surface area contributed by atoms with Gasteiger partial charge in [0.1, 0.15) is 5.82 Å². The van der Waals surface area contributed by atoms with Crippen molar-refractivity contribution in [1.82, 2.24) is 9.97 Å². The molecule has 6 heteroatoms. The Labute approximate surface area is 90.7 Å². The van der Waals surface area contributed by atoms with Gasteiger partial charge in [0, 0.05) is 17.7 Å². The van der Waals surface area contributed by atoms with Crippen LogP contribution in [0.5, 0.6) is 0 Å². The molecule has 1 N–H and O–H groups in total. The van der Waals surface area contributed by atoms with Gasteiger partial charge in [0.05, 0.1) is 6.42 Å². The molecular weight excluding hydrogens is 221 g/mol. The smallest absolute Gasteiger partial charge is 0.310 e. The standard InChI is InChI=1S/C10H13F3N2O/c1-3-7-6(2)14-8(15-9(7)16)4-5-10(11,12)13/h3-5H2,1-2H3,(H,14,15,16). The third-order valence-corrected chi connectivity index (χ3v) is 2.27. The molecule has 0 saturated carbocycles. The monoisotopic (exact) mass is 234 g/mol. The van der Waals surface area contributed by atoms with Gasteiger partial charge in [0.15, 0.2) is 0 Å². The summed E-state index contributed by atoms with van der Waals surface area (Å²) in [4.78, 5) is 17.8. The molecule has 16 heavy (non-hydrogen) atoms.